The molecule has 0 radical (unpaired) electrons. The maximum atomic E-state index is 12.0. The number of guanidine groups is 1. The van der Waals surface area contributed by atoms with E-state index in [1.165, 1.54) is 11.3 Å². The summed E-state index contributed by atoms with van der Waals surface area (Å²) in [6.07, 6.45) is 0. The van der Waals surface area contributed by atoms with Crippen molar-refractivity contribution in [1.82, 2.24) is 15.6 Å². The maximum absolute atomic E-state index is 12.0. The molecule has 160 valence electrons. The van der Waals surface area contributed by atoms with Crippen LogP contribution in [0.1, 0.15) is 40.3 Å². The van der Waals surface area contributed by atoms with E-state index in [4.69, 9.17) is 21.1 Å². The van der Waals surface area contributed by atoms with E-state index in [0.717, 1.165) is 10.8 Å². The minimum absolute atomic E-state index is 0. The number of aryl methyl sites for hydroxylation is 1. The van der Waals surface area contributed by atoms with Crippen LogP contribution in [0.25, 0.3) is 0 Å². The van der Waals surface area contributed by atoms with E-state index in [0.29, 0.717) is 41.3 Å². The highest BCUT2D eigenvalue weighted by molar-refractivity contribution is 14.0. The quantitative estimate of drug-likeness (QED) is 0.168. The van der Waals surface area contributed by atoms with E-state index in [-0.39, 0.29) is 36.0 Å². The van der Waals surface area contributed by atoms with Crippen molar-refractivity contribution in [2.75, 3.05) is 26.8 Å². The average molecular weight is 553 g/mol. The van der Waals surface area contributed by atoms with Crippen molar-refractivity contribution in [2.24, 2.45) is 4.99 Å². The number of thiazole rings is 1. The van der Waals surface area contributed by atoms with Crippen LogP contribution in [0.5, 0.6) is 5.75 Å². The summed E-state index contributed by atoms with van der Waals surface area (Å²) in [4.78, 5) is 21.2. The lowest BCUT2D eigenvalue weighted by molar-refractivity contribution is 0.0531. The standard InChI is InChI=1S/C19H25ClN4O3S.HI/c1-5-26-18(25)16-12(2)23-17(28-16)13(3)24-19(21-4)22-10-11-27-15-8-6-14(20)7-9-15;/h6-9,13H,5,10-11H2,1-4H3,(H2,21,22,24);1H. The third kappa shape index (κ3) is 7.98. The number of nitrogens with one attached hydrogen (secondary N) is 2. The van der Waals surface area contributed by atoms with Crippen molar-refractivity contribution < 1.29 is 14.3 Å². The Hall–Kier alpha value is -1.59. The molecule has 7 nitrogen and oxygen atoms in total. The lowest BCUT2D eigenvalue weighted by Gasteiger charge is -2.16. The number of carbonyl (C=O) groups is 1. The minimum Gasteiger partial charge on any atom is -0.492 e. The molecule has 29 heavy (non-hydrogen) atoms. The van der Waals surface area contributed by atoms with Crippen LogP contribution < -0.4 is 15.4 Å². The van der Waals surface area contributed by atoms with Crippen LogP contribution in [-0.2, 0) is 4.74 Å². The Morgan fingerprint density at radius 3 is 2.66 bits per heavy atom. The van der Waals surface area contributed by atoms with Gasteiger partial charge in [0.25, 0.3) is 0 Å². The van der Waals surface area contributed by atoms with E-state index in [2.05, 4.69) is 20.6 Å². The van der Waals surface area contributed by atoms with Crippen LogP contribution in [0, 0.1) is 6.92 Å². The minimum atomic E-state index is -0.335. The monoisotopic (exact) mass is 552 g/mol. The van der Waals surface area contributed by atoms with Gasteiger partial charge in [-0.25, -0.2) is 9.78 Å². The third-order valence-corrected chi connectivity index (χ3v) is 5.27. The SMILES string of the molecule is CCOC(=O)c1sc(C(C)NC(=NC)NCCOc2ccc(Cl)cc2)nc1C.I. The molecule has 0 saturated carbocycles. The molecule has 0 fully saturated rings. The normalized spacial score (nSPS) is 12.0. The zero-order valence-electron chi connectivity index (χ0n) is 16.8. The molecule has 0 aliphatic carbocycles. The summed E-state index contributed by atoms with van der Waals surface area (Å²) in [7, 11) is 1.69. The second-order valence-electron chi connectivity index (χ2n) is 5.85. The van der Waals surface area contributed by atoms with Crippen molar-refractivity contribution >= 4 is 58.8 Å². The lowest BCUT2D eigenvalue weighted by atomic mass is 10.3. The molecule has 0 aliphatic heterocycles. The fourth-order valence-corrected chi connectivity index (χ4v) is 3.41. The van der Waals surface area contributed by atoms with Gasteiger partial charge in [-0.05, 0) is 45.0 Å². The summed E-state index contributed by atoms with van der Waals surface area (Å²) >= 11 is 7.18. The number of esters is 1. The molecule has 0 bridgehead atoms. The van der Waals surface area contributed by atoms with Crippen molar-refractivity contribution in [3.63, 3.8) is 0 Å². The highest BCUT2D eigenvalue weighted by Gasteiger charge is 2.20. The van der Waals surface area contributed by atoms with Gasteiger partial charge in [-0.2, -0.15) is 0 Å². The fraction of sp³-hybridized carbons (Fsp3) is 0.421. The summed E-state index contributed by atoms with van der Waals surface area (Å²) in [5, 5.41) is 7.92. The molecule has 1 atom stereocenters. The molecule has 0 spiro atoms. The number of carbonyl (C=O) groups excluding carboxylic acids is 1. The molecule has 1 heterocycles. The number of benzene rings is 1. The van der Waals surface area contributed by atoms with Crippen molar-refractivity contribution in [3.8, 4) is 5.75 Å². The van der Waals surface area contributed by atoms with Crippen LogP contribution in [0.15, 0.2) is 29.3 Å². The number of rotatable bonds is 8. The topological polar surface area (TPSA) is 84.8 Å². The highest BCUT2D eigenvalue weighted by Crippen LogP contribution is 2.24. The molecule has 0 aliphatic rings. The number of hydrogen-bond acceptors (Lipinski definition) is 6. The molecule has 0 amide bonds. The Morgan fingerprint density at radius 1 is 1.34 bits per heavy atom. The number of hydrogen-bond donors (Lipinski definition) is 2. The molecule has 10 heteroatoms. The number of nitrogens with zero attached hydrogens (tertiary/aromatic N) is 2. The van der Waals surface area contributed by atoms with Gasteiger partial charge in [-0.1, -0.05) is 11.6 Å². The number of halogens is 2. The first-order valence-electron chi connectivity index (χ1n) is 8.94. The smallest absolute Gasteiger partial charge is 0.350 e. The van der Waals surface area contributed by atoms with Crippen LogP contribution in [-0.4, -0.2) is 43.7 Å². The van der Waals surface area contributed by atoms with Gasteiger partial charge in [-0.15, -0.1) is 35.3 Å². The van der Waals surface area contributed by atoms with Crippen LogP contribution in [0.4, 0.5) is 0 Å². The van der Waals surface area contributed by atoms with Gasteiger partial charge in [0.05, 0.1) is 24.9 Å². The second-order valence-corrected chi connectivity index (χ2v) is 7.32. The summed E-state index contributed by atoms with van der Waals surface area (Å²) in [5.41, 5.74) is 0.673. The zero-order valence-corrected chi connectivity index (χ0v) is 20.7. The molecular weight excluding hydrogens is 527 g/mol. The van der Waals surface area contributed by atoms with E-state index < -0.39 is 0 Å². The first-order chi connectivity index (χ1) is 13.4. The predicted octanol–water partition coefficient (Wildman–Crippen LogP) is 4.20. The summed E-state index contributed by atoms with van der Waals surface area (Å²) in [6, 6.07) is 7.10. The largest absolute Gasteiger partial charge is 0.492 e. The second kappa shape index (κ2) is 12.9. The van der Waals surface area contributed by atoms with Crippen LogP contribution in [0.2, 0.25) is 5.02 Å². The van der Waals surface area contributed by atoms with Gasteiger partial charge in [0.15, 0.2) is 5.96 Å². The van der Waals surface area contributed by atoms with Gasteiger partial charge in [0, 0.05) is 12.1 Å². The lowest BCUT2D eigenvalue weighted by Crippen LogP contribution is -2.40. The van der Waals surface area contributed by atoms with Gasteiger partial charge < -0.3 is 20.1 Å². The Labute approximate surface area is 197 Å². The number of ether oxygens (including phenoxy) is 2. The van der Waals surface area contributed by atoms with Gasteiger partial charge in [0.2, 0.25) is 0 Å². The van der Waals surface area contributed by atoms with E-state index >= 15 is 0 Å². The Morgan fingerprint density at radius 2 is 2.03 bits per heavy atom. The van der Waals surface area contributed by atoms with Gasteiger partial charge >= 0.3 is 5.97 Å². The number of aliphatic imine (C=N–C) groups is 1. The first-order valence-corrected chi connectivity index (χ1v) is 10.1. The Kier molecular flexibility index (Phi) is 11.3. The highest BCUT2D eigenvalue weighted by atomic mass is 127. The third-order valence-electron chi connectivity index (χ3n) is 3.70. The van der Waals surface area contributed by atoms with Crippen LogP contribution >= 0.6 is 46.9 Å². The van der Waals surface area contributed by atoms with E-state index in [1.807, 2.05) is 19.1 Å². The molecular formula is C19H26ClIN4O3S. The van der Waals surface area contributed by atoms with Crippen molar-refractivity contribution in [2.45, 2.75) is 26.8 Å². The molecule has 1 unspecified atom stereocenters. The molecule has 2 N–H and O–H groups in total. The zero-order chi connectivity index (χ0) is 20.5. The molecule has 0 saturated heterocycles. The first kappa shape index (κ1) is 25.4. The fourth-order valence-electron chi connectivity index (χ4n) is 2.32. The summed E-state index contributed by atoms with van der Waals surface area (Å²) in [6.45, 7) is 6.93. The predicted molar refractivity (Wildman–Crippen MR) is 128 cm³/mol. The van der Waals surface area contributed by atoms with Crippen molar-refractivity contribution in [3.05, 3.63) is 44.9 Å². The molecule has 2 aromatic rings. The Bertz CT molecular complexity index is 814. The van der Waals surface area contributed by atoms with E-state index in [1.54, 1.807) is 33.0 Å². The summed E-state index contributed by atoms with van der Waals surface area (Å²) < 4.78 is 10.7. The summed E-state index contributed by atoms with van der Waals surface area (Å²) in [5.74, 6) is 1.04. The Balaban J connectivity index is 0.00000420. The number of aromatic nitrogens is 1. The van der Waals surface area contributed by atoms with Crippen molar-refractivity contribution in [1.29, 1.82) is 0 Å². The average Bonchev–Trinajstić information content (AvgIpc) is 3.07. The van der Waals surface area contributed by atoms with Crippen LogP contribution in [0.3, 0.4) is 0 Å². The molecule has 2 rings (SSSR count). The maximum Gasteiger partial charge on any atom is 0.350 e. The van der Waals surface area contributed by atoms with E-state index in [9.17, 15) is 4.79 Å². The van der Waals surface area contributed by atoms with Gasteiger partial charge in [0.1, 0.15) is 22.2 Å². The molecule has 1 aromatic heterocycles. The molecule has 1 aromatic carbocycles. The van der Waals surface area contributed by atoms with Gasteiger partial charge in [-0.3, -0.25) is 4.99 Å².